The second kappa shape index (κ2) is 10.5. The molecule has 2 N–H and O–H groups in total. The Bertz CT molecular complexity index is 739. The first kappa shape index (κ1) is 21.4. The van der Waals surface area contributed by atoms with Crippen molar-refractivity contribution >= 4 is 24.0 Å². The summed E-state index contributed by atoms with van der Waals surface area (Å²) in [5.74, 6) is -0.969. The van der Waals surface area contributed by atoms with Crippen LogP contribution >= 0.6 is 0 Å². The monoisotopic (exact) mass is 389 g/mol. The molecule has 1 heterocycles. The molecular formula is C20H27N3O5. The molecule has 0 aliphatic carbocycles. The van der Waals surface area contributed by atoms with Gasteiger partial charge in [0.25, 0.3) is 0 Å². The summed E-state index contributed by atoms with van der Waals surface area (Å²) < 4.78 is 9.90. The van der Waals surface area contributed by atoms with Crippen molar-refractivity contribution in [3.63, 3.8) is 0 Å². The minimum atomic E-state index is -0.528. The van der Waals surface area contributed by atoms with Crippen LogP contribution in [0.15, 0.2) is 24.3 Å². The Balaban J connectivity index is 2.05. The van der Waals surface area contributed by atoms with Crippen molar-refractivity contribution in [2.45, 2.75) is 20.4 Å². The predicted octanol–water partition coefficient (Wildman–Crippen LogP) is 1.64. The van der Waals surface area contributed by atoms with Crippen molar-refractivity contribution in [2.24, 2.45) is 5.73 Å². The van der Waals surface area contributed by atoms with E-state index < -0.39 is 11.9 Å². The topological polar surface area (TPSA) is 102 Å². The van der Waals surface area contributed by atoms with Crippen LogP contribution in [-0.2, 0) is 20.8 Å². The Hall–Kier alpha value is -2.87. The van der Waals surface area contributed by atoms with Gasteiger partial charge in [-0.1, -0.05) is 6.07 Å². The van der Waals surface area contributed by atoms with Crippen LogP contribution in [0.2, 0.25) is 0 Å². The standard InChI is InChI=1S/C20H27N3O5/c1-3-27-18(24)6-5-15-11-16(13-17(12-15)19(21)25)14-22-7-9-23(10-8-22)20(26)28-4-2/h5-6,11-13H,3-4,7-10,14H2,1-2H3,(H2,21,25)/b6-5+. The van der Waals surface area contributed by atoms with Crippen molar-refractivity contribution in [3.8, 4) is 0 Å². The maximum atomic E-state index is 11.8. The molecule has 2 amide bonds. The third-order valence-electron chi connectivity index (χ3n) is 4.30. The number of carbonyl (C=O) groups is 3. The normalized spacial score (nSPS) is 14.9. The van der Waals surface area contributed by atoms with E-state index in [2.05, 4.69) is 4.90 Å². The third kappa shape index (κ3) is 6.38. The SMILES string of the molecule is CCOC(=O)/C=C/c1cc(CN2CCN(C(=O)OCC)CC2)cc(C(N)=O)c1. The molecule has 8 heteroatoms. The van der Waals surface area contributed by atoms with Gasteiger partial charge < -0.3 is 20.1 Å². The largest absolute Gasteiger partial charge is 0.463 e. The van der Waals surface area contributed by atoms with Gasteiger partial charge in [0, 0.05) is 44.4 Å². The highest BCUT2D eigenvalue weighted by Gasteiger charge is 2.22. The number of amides is 2. The minimum absolute atomic E-state index is 0.288. The fourth-order valence-corrected chi connectivity index (χ4v) is 2.96. The zero-order valence-corrected chi connectivity index (χ0v) is 16.3. The molecule has 1 aliphatic rings. The lowest BCUT2D eigenvalue weighted by atomic mass is 10.0. The van der Waals surface area contributed by atoms with Gasteiger partial charge in [-0.3, -0.25) is 9.69 Å². The number of hydrogen-bond donors (Lipinski definition) is 1. The van der Waals surface area contributed by atoms with Crippen molar-refractivity contribution in [3.05, 3.63) is 41.0 Å². The fourth-order valence-electron chi connectivity index (χ4n) is 2.96. The molecule has 0 bridgehead atoms. The first-order valence-electron chi connectivity index (χ1n) is 9.35. The number of benzene rings is 1. The highest BCUT2D eigenvalue weighted by molar-refractivity contribution is 5.94. The molecular weight excluding hydrogens is 362 g/mol. The van der Waals surface area contributed by atoms with Crippen LogP contribution in [0.4, 0.5) is 4.79 Å². The van der Waals surface area contributed by atoms with Crippen molar-refractivity contribution in [1.29, 1.82) is 0 Å². The number of carbonyl (C=O) groups excluding carboxylic acids is 3. The van der Waals surface area contributed by atoms with Crippen LogP contribution in [0.5, 0.6) is 0 Å². The molecule has 1 aromatic carbocycles. The van der Waals surface area contributed by atoms with E-state index in [0.717, 1.165) is 5.56 Å². The van der Waals surface area contributed by atoms with Gasteiger partial charge >= 0.3 is 12.1 Å². The Kier molecular flexibility index (Phi) is 8.01. The summed E-state index contributed by atoms with van der Waals surface area (Å²) in [4.78, 5) is 38.8. The number of ether oxygens (including phenoxy) is 2. The van der Waals surface area contributed by atoms with E-state index in [1.807, 2.05) is 6.07 Å². The number of piperazine rings is 1. The van der Waals surface area contributed by atoms with E-state index in [4.69, 9.17) is 15.2 Å². The van der Waals surface area contributed by atoms with Gasteiger partial charge in [0.1, 0.15) is 0 Å². The van der Waals surface area contributed by atoms with Gasteiger partial charge in [-0.25, -0.2) is 9.59 Å². The zero-order chi connectivity index (χ0) is 20.5. The third-order valence-corrected chi connectivity index (χ3v) is 4.30. The Morgan fingerprint density at radius 3 is 2.32 bits per heavy atom. The number of rotatable bonds is 7. The molecule has 0 spiro atoms. The fraction of sp³-hybridized carbons (Fsp3) is 0.450. The molecule has 0 radical (unpaired) electrons. The summed E-state index contributed by atoms with van der Waals surface area (Å²) in [6.45, 7) is 7.37. The highest BCUT2D eigenvalue weighted by Crippen LogP contribution is 2.16. The molecule has 0 atom stereocenters. The second-order valence-corrected chi connectivity index (χ2v) is 6.38. The van der Waals surface area contributed by atoms with Gasteiger partial charge in [-0.15, -0.1) is 0 Å². The van der Waals surface area contributed by atoms with Crippen LogP contribution in [0.3, 0.4) is 0 Å². The predicted molar refractivity (Wildman–Crippen MR) is 104 cm³/mol. The maximum Gasteiger partial charge on any atom is 0.409 e. The Labute approximate surface area is 164 Å². The molecule has 0 saturated carbocycles. The second-order valence-electron chi connectivity index (χ2n) is 6.38. The van der Waals surface area contributed by atoms with Crippen molar-refractivity contribution in [2.75, 3.05) is 39.4 Å². The number of nitrogens with two attached hydrogens (primary N) is 1. The number of hydrogen-bond acceptors (Lipinski definition) is 6. The lowest BCUT2D eigenvalue weighted by molar-refractivity contribution is -0.137. The maximum absolute atomic E-state index is 11.8. The number of nitrogens with zero attached hydrogens (tertiary/aromatic N) is 2. The van der Waals surface area contributed by atoms with Crippen LogP contribution < -0.4 is 5.73 Å². The Morgan fingerprint density at radius 1 is 1.04 bits per heavy atom. The Morgan fingerprint density at radius 2 is 1.71 bits per heavy atom. The van der Waals surface area contributed by atoms with Crippen LogP contribution in [0.1, 0.15) is 35.3 Å². The van der Waals surface area contributed by atoms with E-state index in [9.17, 15) is 14.4 Å². The molecule has 152 valence electrons. The quantitative estimate of drug-likeness (QED) is 0.562. The molecule has 1 saturated heterocycles. The molecule has 1 aliphatic heterocycles. The molecule has 2 rings (SSSR count). The van der Waals surface area contributed by atoms with Crippen molar-refractivity contribution < 1.29 is 23.9 Å². The van der Waals surface area contributed by atoms with Crippen LogP contribution in [0, 0.1) is 0 Å². The van der Waals surface area contributed by atoms with Gasteiger partial charge in [0.05, 0.1) is 13.2 Å². The number of esters is 1. The molecule has 1 aromatic rings. The summed E-state index contributed by atoms with van der Waals surface area (Å²) in [6, 6.07) is 5.29. The lowest BCUT2D eigenvalue weighted by Crippen LogP contribution is -2.48. The van der Waals surface area contributed by atoms with E-state index in [0.29, 0.717) is 57.1 Å². The van der Waals surface area contributed by atoms with E-state index >= 15 is 0 Å². The number of primary amides is 1. The summed E-state index contributed by atoms with van der Waals surface area (Å²) in [5.41, 5.74) is 7.43. The smallest absolute Gasteiger partial charge is 0.409 e. The van der Waals surface area contributed by atoms with Gasteiger partial charge in [-0.05, 0) is 43.2 Å². The first-order chi connectivity index (χ1) is 13.4. The summed E-state index contributed by atoms with van der Waals surface area (Å²) in [6.07, 6.45) is 2.64. The summed E-state index contributed by atoms with van der Waals surface area (Å²) in [5, 5.41) is 0. The van der Waals surface area contributed by atoms with E-state index in [1.165, 1.54) is 6.08 Å². The van der Waals surface area contributed by atoms with E-state index in [1.54, 1.807) is 37.0 Å². The summed E-state index contributed by atoms with van der Waals surface area (Å²) >= 11 is 0. The highest BCUT2D eigenvalue weighted by atomic mass is 16.6. The van der Waals surface area contributed by atoms with Gasteiger partial charge in [0.15, 0.2) is 0 Å². The average Bonchev–Trinajstić information content (AvgIpc) is 2.67. The minimum Gasteiger partial charge on any atom is -0.463 e. The van der Waals surface area contributed by atoms with Crippen LogP contribution in [0.25, 0.3) is 6.08 Å². The molecule has 28 heavy (non-hydrogen) atoms. The molecule has 8 nitrogen and oxygen atoms in total. The molecule has 0 unspecified atom stereocenters. The summed E-state index contributed by atoms with van der Waals surface area (Å²) in [7, 11) is 0. The lowest BCUT2D eigenvalue weighted by Gasteiger charge is -2.34. The van der Waals surface area contributed by atoms with E-state index in [-0.39, 0.29) is 6.09 Å². The van der Waals surface area contributed by atoms with Crippen molar-refractivity contribution in [1.82, 2.24) is 9.80 Å². The van der Waals surface area contributed by atoms with Gasteiger partial charge in [0.2, 0.25) is 5.91 Å². The average molecular weight is 389 g/mol. The zero-order valence-electron chi connectivity index (χ0n) is 16.3. The molecule has 0 aromatic heterocycles. The first-order valence-corrected chi connectivity index (χ1v) is 9.35. The van der Waals surface area contributed by atoms with Crippen LogP contribution in [-0.4, -0.2) is 67.2 Å². The van der Waals surface area contributed by atoms with Gasteiger partial charge in [-0.2, -0.15) is 0 Å². The molecule has 1 fully saturated rings.